The van der Waals surface area contributed by atoms with Crippen molar-refractivity contribution in [2.45, 2.75) is 25.5 Å². The smallest absolute Gasteiger partial charge is 0.325 e. The molecule has 2 aromatic carbocycles. The van der Waals surface area contributed by atoms with Crippen LogP contribution in [0.25, 0.3) is 10.9 Å². The number of thioether (sulfide) groups is 1. The molecule has 0 N–H and O–H groups in total. The largest absolute Gasteiger partial charge is 0.493 e. The van der Waals surface area contributed by atoms with Gasteiger partial charge in [-0.25, -0.2) is 4.98 Å². The van der Waals surface area contributed by atoms with Crippen molar-refractivity contribution >= 4 is 28.6 Å². The molecular formula is C21H22N2O4S. The molecule has 7 heteroatoms. The molecule has 28 heavy (non-hydrogen) atoms. The molecule has 0 bridgehead atoms. The summed E-state index contributed by atoms with van der Waals surface area (Å²) in [6.07, 6.45) is 0. The number of hydrogen-bond donors (Lipinski definition) is 0. The summed E-state index contributed by atoms with van der Waals surface area (Å²) in [7, 11) is 1.30. The van der Waals surface area contributed by atoms with Crippen molar-refractivity contribution in [2.24, 2.45) is 0 Å². The number of fused-ring (bicyclic) bond motifs is 1. The van der Waals surface area contributed by atoms with Crippen LogP contribution in [-0.4, -0.2) is 35.0 Å². The number of carbonyl (C=O) groups excluding carboxylic acids is 1. The highest BCUT2D eigenvalue weighted by Gasteiger charge is 2.14. The lowest BCUT2D eigenvalue weighted by molar-refractivity contribution is -0.141. The molecule has 0 saturated heterocycles. The van der Waals surface area contributed by atoms with Gasteiger partial charge in [0.15, 0.2) is 5.16 Å². The lowest BCUT2D eigenvalue weighted by atomic mass is 10.1. The maximum atomic E-state index is 12.8. The highest BCUT2D eigenvalue weighted by atomic mass is 32.2. The lowest BCUT2D eigenvalue weighted by Crippen LogP contribution is -2.27. The Bertz CT molecular complexity index is 1040. The second kappa shape index (κ2) is 8.93. The second-order valence-electron chi connectivity index (χ2n) is 6.40. The minimum absolute atomic E-state index is 0.173. The van der Waals surface area contributed by atoms with Gasteiger partial charge in [-0.3, -0.25) is 14.2 Å². The van der Waals surface area contributed by atoms with E-state index in [2.05, 4.69) is 11.1 Å². The van der Waals surface area contributed by atoms with Crippen molar-refractivity contribution in [1.29, 1.82) is 0 Å². The molecule has 0 amide bonds. The van der Waals surface area contributed by atoms with Gasteiger partial charge in [0.25, 0.3) is 5.56 Å². The van der Waals surface area contributed by atoms with Crippen LogP contribution in [0.15, 0.2) is 52.4 Å². The first-order valence-electron chi connectivity index (χ1n) is 8.88. The fourth-order valence-electron chi connectivity index (χ4n) is 2.90. The molecule has 146 valence electrons. The van der Waals surface area contributed by atoms with E-state index in [4.69, 9.17) is 9.47 Å². The number of aryl methyl sites for hydroxylation is 2. The van der Waals surface area contributed by atoms with Crippen LogP contribution in [0.3, 0.4) is 0 Å². The van der Waals surface area contributed by atoms with Crippen LogP contribution in [0.2, 0.25) is 0 Å². The van der Waals surface area contributed by atoms with Gasteiger partial charge in [-0.15, -0.1) is 0 Å². The van der Waals surface area contributed by atoms with Crippen LogP contribution < -0.4 is 10.3 Å². The molecule has 0 aliphatic heterocycles. The van der Waals surface area contributed by atoms with Crippen LogP contribution in [0.1, 0.15) is 11.1 Å². The zero-order valence-corrected chi connectivity index (χ0v) is 16.9. The standard InChI is InChI=1S/C21H22N2O4S/c1-14-10-15(2)12-16(11-14)27-8-9-28-21-22-18-7-5-4-6-17(18)20(25)23(21)13-19(24)26-3/h4-7,10-12H,8-9,13H2,1-3H3. The van der Waals surface area contributed by atoms with Crippen LogP contribution in [-0.2, 0) is 16.1 Å². The van der Waals surface area contributed by atoms with Crippen LogP contribution >= 0.6 is 11.8 Å². The number of methoxy groups -OCH3 is 1. The van der Waals surface area contributed by atoms with E-state index in [1.54, 1.807) is 18.2 Å². The third kappa shape index (κ3) is 4.72. The Morgan fingerprint density at radius 1 is 1.14 bits per heavy atom. The van der Waals surface area contributed by atoms with E-state index in [1.807, 2.05) is 32.0 Å². The van der Waals surface area contributed by atoms with Crippen molar-refractivity contribution in [3.63, 3.8) is 0 Å². The first-order valence-corrected chi connectivity index (χ1v) is 9.87. The lowest BCUT2D eigenvalue weighted by Gasteiger charge is -2.12. The molecule has 0 fully saturated rings. The molecule has 1 heterocycles. The molecule has 3 aromatic rings. The summed E-state index contributed by atoms with van der Waals surface area (Å²) in [4.78, 5) is 29.1. The highest BCUT2D eigenvalue weighted by molar-refractivity contribution is 7.99. The molecule has 0 aliphatic carbocycles. The average molecular weight is 398 g/mol. The van der Waals surface area contributed by atoms with Crippen molar-refractivity contribution in [2.75, 3.05) is 19.5 Å². The normalized spacial score (nSPS) is 10.8. The van der Waals surface area contributed by atoms with Gasteiger partial charge in [0.1, 0.15) is 12.3 Å². The number of hydrogen-bond acceptors (Lipinski definition) is 6. The zero-order chi connectivity index (χ0) is 20.1. The summed E-state index contributed by atoms with van der Waals surface area (Å²) in [5.41, 5.74) is 2.64. The average Bonchev–Trinajstić information content (AvgIpc) is 2.67. The molecule has 0 atom stereocenters. The van der Waals surface area contributed by atoms with Crippen molar-refractivity contribution < 1.29 is 14.3 Å². The number of para-hydroxylation sites is 1. The third-order valence-corrected chi connectivity index (χ3v) is 5.06. The van der Waals surface area contributed by atoms with E-state index in [0.29, 0.717) is 28.4 Å². The third-order valence-electron chi connectivity index (χ3n) is 4.12. The zero-order valence-electron chi connectivity index (χ0n) is 16.1. The Kier molecular flexibility index (Phi) is 6.36. The molecule has 1 aromatic heterocycles. The number of nitrogens with zero attached hydrogens (tertiary/aromatic N) is 2. The first kappa shape index (κ1) is 19.9. The van der Waals surface area contributed by atoms with Gasteiger partial charge in [-0.1, -0.05) is 30.0 Å². The van der Waals surface area contributed by atoms with E-state index in [-0.39, 0.29) is 12.1 Å². The molecular weight excluding hydrogens is 376 g/mol. The van der Waals surface area contributed by atoms with Crippen LogP contribution in [0.5, 0.6) is 5.75 Å². The number of carbonyl (C=O) groups is 1. The second-order valence-corrected chi connectivity index (χ2v) is 7.46. The number of ether oxygens (including phenoxy) is 2. The van der Waals surface area contributed by atoms with E-state index in [1.165, 1.54) is 23.4 Å². The molecule has 0 radical (unpaired) electrons. The van der Waals surface area contributed by atoms with Gasteiger partial charge in [-0.2, -0.15) is 0 Å². The maximum absolute atomic E-state index is 12.8. The first-order chi connectivity index (χ1) is 13.5. The van der Waals surface area contributed by atoms with Gasteiger partial charge in [0.05, 0.1) is 24.6 Å². The quantitative estimate of drug-likeness (QED) is 0.263. The number of aromatic nitrogens is 2. The van der Waals surface area contributed by atoms with E-state index < -0.39 is 5.97 Å². The molecule has 3 rings (SSSR count). The summed E-state index contributed by atoms with van der Waals surface area (Å²) in [5.74, 6) is 0.905. The van der Waals surface area contributed by atoms with Crippen molar-refractivity contribution in [3.8, 4) is 5.75 Å². The number of benzene rings is 2. The predicted molar refractivity (Wildman–Crippen MR) is 110 cm³/mol. The Hall–Kier alpha value is -2.80. The van der Waals surface area contributed by atoms with E-state index >= 15 is 0 Å². The minimum atomic E-state index is -0.493. The van der Waals surface area contributed by atoms with E-state index in [9.17, 15) is 9.59 Å². The molecule has 0 aliphatic rings. The Morgan fingerprint density at radius 2 is 1.86 bits per heavy atom. The van der Waals surface area contributed by atoms with Gasteiger partial charge in [0.2, 0.25) is 0 Å². The van der Waals surface area contributed by atoms with Crippen molar-refractivity contribution in [3.05, 3.63) is 63.9 Å². The van der Waals surface area contributed by atoms with Gasteiger partial charge >= 0.3 is 5.97 Å². The summed E-state index contributed by atoms with van der Waals surface area (Å²) < 4.78 is 11.9. The van der Waals surface area contributed by atoms with Gasteiger partial charge in [0, 0.05) is 5.75 Å². The summed E-state index contributed by atoms with van der Waals surface area (Å²) in [6, 6.07) is 13.2. The fourth-order valence-corrected chi connectivity index (χ4v) is 3.72. The molecule has 6 nitrogen and oxygen atoms in total. The van der Waals surface area contributed by atoms with Crippen molar-refractivity contribution in [1.82, 2.24) is 9.55 Å². The topological polar surface area (TPSA) is 70.4 Å². The van der Waals surface area contributed by atoms with Crippen LogP contribution in [0.4, 0.5) is 0 Å². The van der Waals surface area contributed by atoms with Gasteiger partial charge in [-0.05, 0) is 49.2 Å². The summed E-state index contributed by atoms with van der Waals surface area (Å²) >= 11 is 1.38. The summed E-state index contributed by atoms with van der Waals surface area (Å²) in [6.45, 7) is 4.33. The van der Waals surface area contributed by atoms with Crippen LogP contribution in [0, 0.1) is 13.8 Å². The minimum Gasteiger partial charge on any atom is -0.493 e. The number of rotatable bonds is 7. The maximum Gasteiger partial charge on any atom is 0.325 e. The van der Waals surface area contributed by atoms with Gasteiger partial charge < -0.3 is 9.47 Å². The highest BCUT2D eigenvalue weighted by Crippen LogP contribution is 2.20. The molecule has 0 spiro atoms. The Balaban J connectivity index is 1.78. The Morgan fingerprint density at radius 3 is 2.57 bits per heavy atom. The predicted octanol–water partition coefficient (Wildman–Crippen LogP) is 3.36. The monoisotopic (exact) mass is 398 g/mol. The molecule has 0 saturated carbocycles. The SMILES string of the molecule is COC(=O)Cn1c(SCCOc2cc(C)cc(C)c2)nc2ccccc2c1=O. The Labute approximate surface area is 167 Å². The molecule has 0 unspecified atom stereocenters. The number of esters is 1. The van der Waals surface area contributed by atoms with E-state index in [0.717, 1.165) is 16.9 Å². The fraction of sp³-hybridized carbons (Fsp3) is 0.286. The summed E-state index contributed by atoms with van der Waals surface area (Å²) in [5, 5.41) is 0.945.